The maximum absolute atomic E-state index is 12.1. The number of ether oxygens (including phenoxy) is 1. The van der Waals surface area contributed by atoms with Crippen LogP contribution in [0.3, 0.4) is 0 Å². The maximum atomic E-state index is 12.1. The molecule has 1 aliphatic rings. The smallest absolute Gasteiger partial charge is 0.410 e. The number of aliphatic imine (C=N–C) groups is 1. The Morgan fingerprint density at radius 3 is 2.40 bits per heavy atom. The summed E-state index contributed by atoms with van der Waals surface area (Å²) >= 11 is 0. The molecule has 1 unspecified atom stereocenters. The fourth-order valence-corrected chi connectivity index (χ4v) is 1.66. The standard InChI is InChI=1S/C15H29N3O2/c1-11(14(2,3)4)17-12-10-18(9-8-16-12)13(19)20-15(5,6)7/h11H,8-10H2,1-7H3,(H,16,17). The Kier molecular flexibility index (Phi) is 5.05. The number of rotatable bonds is 1. The van der Waals surface area contributed by atoms with Crippen LogP contribution in [-0.2, 0) is 4.74 Å². The summed E-state index contributed by atoms with van der Waals surface area (Å²) in [5, 5.41) is 3.41. The van der Waals surface area contributed by atoms with E-state index >= 15 is 0 Å². The van der Waals surface area contributed by atoms with Crippen molar-refractivity contribution in [1.29, 1.82) is 0 Å². The Balaban J connectivity index is 2.58. The van der Waals surface area contributed by atoms with Crippen LogP contribution in [0.2, 0.25) is 0 Å². The Bertz CT molecular complexity index is 378. The van der Waals surface area contributed by atoms with Crippen LogP contribution in [0, 0.1) is 5.41 Å². The van der Waals surface area contributed by atoms with Gasteiger partial charge in [0, 0.05) is 12.6 Å². The van der Waals surface area contributed by atoms with Crippen molar-refractivity contribution in [2.45, 2.75) is 60.1 Å². The van der Waals surface area contributed by atoms with Crippen molar-refractivity contribution in [3.63, 3.8) is 0 Å². The van der Waals surface area contributed by atoms with Gasteiger partial charge in [-0.25, -0.2) is 4.79 Å². The lowest BCUT2D eigenvalue weighted by Gasteiger charge is -2.34. The van der Waals surface area contributed by atoms with E-state index in [1.54, 1.807) is 4.90 Å². The van der Waals surface area contributed by atoms with E-state index in [0.29, 0.717) is 25.7 Å². The molecule has 0 spiro atoms. The summed E-state index contributed by atoms with van der Waals surface area (Å²) in [4.78, 5) is 18.2. The predicted molar refractivity (Wildman–Crippen MR) is 82.2 cm³/mol. The van der Waals surface area contributed by atoms with Gasteiger partial charge >= 0.3 is 6.09 Å². The molecule has 0 fully saturated rings. The molecule has 5 nitrogen and oxygen atoms in total. The molecule has 0 bridgehead atoms. The first kappa shape index (κ1) is 16.8. The van der Waals surface area contributed by atoms with Gasteiger partial charge in [-0.15, -0.1) is 0 Å². The Hall–Kier alpha value is -1.26. The molecular weight excluding hydrogens is 254 g/mol. The average Bonchev–Trinajstić information content (AvgIpc) is 2.25. The van der Waals surface area contributed by atoms with E-state index in [1.165, 1.54) is 0 Å². The molecule has 1 N–H and O–H groups in total. The van der Waals surface area contributed by atoms with Crippen molar-refractivity contribution in [1.82, 2.24) is 10.2 Å². The van der Waals surface area contributed by atoms with Gasteiger partial charge in [-0.1, -0.05) is 20.8 Å². The molecule has 1 atom stereocenters. The van der Waals surface area contributed by atoms with E-state index in [1.807, 2.05) is 20.8 Å². The highest BCUT2D eigenvalue weighted by Gasteiger charge is 2.27. The van der Waals surface area contributed by atoms with Gasteiger partial charge < -0.3 is 10.1 Å². The summed E-state index contributed by atoms with van der Waals surface area (Å²) < 4.78 is 5.40. The summed E-state index contributed by atoms with van der Waals surface area (Å²) in [6, 6.07) is 0.292. The average molecular weight is 283 g/mol. The van der Waals surface area contributed by atoms with Gasteiger partial charge in [-0.3, -0.25) is 9.89 Å². The van der Waals surface area contributed by atoms with Gasteiger partial charge in [0.05, 0.1) is 13.1 Å². The van der Waals surface area contributed by atoms with Crippen LogP contribution < -0.4 is 5.32 Å². The van der Waals surface area contributed by atoms with Gasteiger partial charge in [-0.05, 0) is 33.1 Å². The monoisotopic (exact) mass is 283 g/mol. The molecule has 0 saturated carbocycles. The number of hydrogen-bond acceptors (Lipinski definition) is 4. The second-order valence-electron chi connectivity index (χ2n) is 7.46. The number of carbonyl (C=O) groups is 1. The Labute approximate surface area is 122 Å². The van der Waals surface area contributed by atoms with E-state index in [0.717, 1.165) is 5.84 Å². The van der Waals surface area contributed by atoms with Gasteiger partial charge in [0.15, 0.2) is 0 Å². The lowest BCUT2D eigenvalue weighted by atomic mass is 9.88. The first-order valence-electron chi connectivity index (χ1n) is 7.27. The number of nitrogens with zero attached hydrogens (tertiary/aromatic N) is 2. The van der Waals surface area contributed by atoms with Crippen molar-refractivity contribution in [3.05, 3.63) is 0 Å². The quantitative estimate of drug-likeness (QED) is 0.805. The number of nitrogens with one attached hydrogen (secondary N) is 1. The van der Waals surface area contributed by atoms with Crippen LogP contribution in [0.15, 0.2) is 4.99 Å². The van der Waals surface area contributed by atoms with Crippen molar-refractivity contribution >= 4 is 11.9 Å². The SMILES string of the molecule is CC(NC1=NCCN(C(=O)OC(C)(C)C)C1)C(C)(C)C. The first-order valence-corrected chi connectivity index (χ1v) is 7.27. The molecule has 0 aromatic heterocycles. The van der Waals surface area contributed by atoms with E-state index in [-0.39, 0.29) is 11.5 Å². The van der Waals surface area contributed by atoms with E-state index < -0.39 is 5.60 Å². The highest BCUT2D eigenvalue weighted by atomic mass is 16.6. The molecule has 5 heteroatoms. The van der Waals surface area contributed by atoms with Crippen LogP contribution in [-0.4, -0.2) is 48.1 Å². The topological polar surface area (TPSA) is 53.9 Å². The van der Waals surface area contributed by atoms with Crippen LogP contribution >= 0.6 is 0 Å². The minimum atomic E-state index is -0.460. The lowest BCUT2D eigenvalue weighted by molar-refractivity contribution is 0.0275. The predicted octanol–water partition coefficient (Wildman–Crippen LogP) is 2.66. The minimum absolute atomic E-state index is 0.150. The molecule has 0 aromatic rings. The van der Waals surface area contributed by atoms with Crippen molar-refractivity contribution < 1.29 is 9.53 Å². The van der Waals surface area contributed by atoms with Crippen molar-refractivity contribution in [3.8, 4) is 0 Å². The van der Waals surface area contributed by atoms with Crippen LogP contribution in [0.1, 0.15) is 48.5 Å². The molecular formula is C15H29N3O2. The molecule has 20 heavy (non-hydrogen) atoms. The van der Waals surface area contributed by atoms with Crippen LogP contribution in [0.25, 0.3) is 0 Å². The minimum Gasteiger partial charge on any atom is -0.444 e. The molecule has 0 aromatic carbocycles. The van der Waals surface area contributed by atoms with Gasteiger partial charge in [0.25, 0.3) is 0 Å². The second kappa shape index (κ2) is 6.02. The molecule has 0 aliphatic carbocycles. The molecule has 116 valence electrons. The zero-order chi connectivity index (χ0) is 15.6. The lowest BCUT2D eigenvalue weighted by Crippen LogP contribution is -2.51. The third kappa shape index (κ3) is 5.39. The highest BCUT2D eigenvalue weighted by molar-refractivity contribution is 5.88. The number of amidine groups is 1. The fraction of sp³-hybridized carbons (Fsp3) is 0.867. The summed E-state index contributed by atoms with van der Waals surface area (Å²) in [6.45, 7) is 16.0. The second-order valence-corrected chi connectivity index (χ2v) is 7.46. The zero-order valence-corrected chi connectivity index (χ0v) is 13.9. The first-order chi connectivity index (χ1) is 8.99. The third-order valence-electron chi connectivity index (χ3n) is 3.35. The Morgan fingerprint density at radius 1 is 1.30 bits per heavy atom. The molecule has 1 aliphatic heterocycles. The summed E-state index contributed by atoms with van der Waals surface area (Å²) in [6.07, 6.45) is -0.268. The van der Waals surface area contributed by atoms with Crippen molar-refractivity contribution in [2.75, 3.05) is 19.6 Å². The zero-order valence-electron chi connectivity index (χ0n) is 13.9. The van der Waals surface area contributed by atoms with Gasteiger partial charge in [-0.2, -0.15) is 0 Å². The largest absolute Gasteiger partial charge is 0.444 e. The number of hydrogen-bond donors (Lipinski definition) is 1. The summed E-state index contributed by atoms with van der Waals surface area (Å²) in [5.74, 6) is 0.865. The van der Waals surface area contributed by atoms with Crippen LogP contribution in [0.4, 0.5) is 4.79 Å². The van der Waals surface area contributed by atoms with E-state index in [9.17, 15) is 4.79 Å². The maximum Gasteiger partial charge on any atom is 0.410 e. The normalized spacial score (nSPS) is 18.4. The fourth-order valence-electron chi connectivity index (χ4n) is 1.66. The summed E-state index contributed by atoms with van der Waals surface area (Å²) in [5.41, 5.74) is -0.311. The van der Waals surface area contributed by atoms with E-state index in [2.05, 4.69) is 38.0 Å². The Morgan fingerprint density at radius 2 is 1.90 bits per heavy atom. The molecule has 0 saturated heterocycles. The molecule has 1 amide bonds. The van der Waals surface area contributed by atoms with E-state index in [4.69, 9.17) is 4.74 Å². The molecule has 0 radical (unpaired) electrons. The number of amides is 1. The van der Waals surface area contributed by atoms with Gasteiger partial charge in [0.2, 0.25) is 0 Å². The molecule has 1 rings (SSSR count). The number of carbonyl (C=O) groups excluding carboxylic acids is 1. The molecule has 1 heterocycles. The van der Waals surface area contributed by atoms with Crippen LogP contribution in [0.5, 0.6) is 0 Å². The summed E-state index contributed by atoms with van der Waals surface area (Å²) in [7, 11) is 0. The van der Waals surface area contributed by atoms with Crippen molar-refractivity contribution in [2.24, 2.45) is 10.4 Å². The third-order valence-corrected chi connectivity index (χ3v) is 3.35. The highest BCUT2D eigenvalue weighted by Crippen LogP contribution is 2.19. The van der Waals surface area contributed by atoms with Gasteiger partial charge in [0.1, 0.15) is 11.4 Å².